The van der Waals surface area contributed by atoms with Crippen molar-refractivity contribution in [1.29, 1.82) is 0 Å². The van der Waals surface area contributed by atoms with Crippen LogP contribution in [0.1, 0.15) is 36.7 Å². The summed E-state index contributed by atoms with van der Waals surface area (Å²) in [5.41, 5.74) is 0.220. The van der Waals surface area contributed by atoms with Crippen LogP contribution in [0.4, 0.5) is 0 Å². The van der Waals surface area contributed by atoms with Crippen molar-refractivity contribution in [2.45, 2.75) is 37.6 Å². The van der Waals surface area contributed by atoms with Gasteiger partial charge in [0.15, 0.2) is 0 Å². The summed E-state index contributed by atoms with van der Waals surface area (Å²) >= 11 is 0. The number of ether oxygens (including phenoxy) is 1. The van der Waals surface area contributed by atoms with Crippen molar-refractivity contribution in [2.24, 2.45) is 5.92 Å². The summed E-state index contributed by atoms with van der Waals surface area (Å²) in [6.45, 7) is 2.66. The quantitative estimate of drug-likeness (QED) is 0.598. The van der Waals surface area contributed by atoms with E-state index in [-0.39, 0.29) is 10.6 Å². The molecule has 0 amide bonds. The molecule has 1 saturated carbocycles. The molecule has 5 nitrogen and oxygen atoms in total. The monoisotopic (exact) mass is 305 g/mol. The van der Waals surface area contributed by atoms with Gasteiger partial charge in [-0.15, -0.1) is 0 Å². The first kappa shape index (κ1) is 14.4. The van der Waals surface area contributed by atoms with Crippen LogP contribution in [0.15, 0.2) is 17.2 Å². The van der Waals surface area contributed by atoms with E-state index in [1.165, 1.54) is 29.7 Å². The molecule has 0 aliphatic heterocycles. The van der Waals surface area contributed by atoms with Gasteiger partial charge in [0.25, 0.3) is 9.05 Å². The van der Waals surface area contributed by atoms with Crippen LogP contribution in [-0.4, -0.2) is 25.6 Å². The smallest absolute Gasteiger partial charge is 0.354 e. The molecule has 2 rings (SSSR count). The minimum absolute atomic E-state index is 0.0786. The molecule has 1 heterocycles. The second-order valence-corrected chi connectivity index (χ2v) is 7.22. The van der Waals surface area contributed by atoms with Crippen LogP contribution in [0.5, 0.6) is 0 Å². The van der Waals surface area contributed by atoms with Gasteiger partial charge in [0.2, 0.25) is 0 Å². The van der Waals surface area contributed by atoms with Crippen molar-refractivity contribution < 1.29 is 17.9 Å². The molecule has 0 aromatic carbocycles. The Hall–Kier alpha value is -1.01. The third-order valence-electron chi connectivity index (χ3n) is 3.16. The van der Waals surface area contributed by atoms with Crippen molar-refractivity contribution in [3.05, 3.63) is 18.0 Å². The predicted molar refractivity (Wildman–Crippen MR) is 70.8 cm³/mol. The van der Waals surface area contributed by atoms with E-state index in [1.807, 2.05) is 6.92 Å². The molecular formula is C12H16ClNO4S. The normalized spacial score (nSPS) is 15.5. The number of aromatic nitrogens is 1. The van der Waals surface area contributed by atoms with Gasteiger partial charge in [0, 0.05) is 23.4 Å². The van der Waals surface area contributed by atoms with Crippen LogP contribution in [0.25, 0.3) is 0 Å². The second-order valence-electron chi connectivity index (χ2n) is 4.65. The summed E-state index contributed by atoms with van der Waals surface area (Å²) in [7, 11) is 1.44. The zero-order valence-corrected chi connectivity index (χ0v) is 12.2. The van der Waals surface area contributed by atoms with Gasteiger partial charge in [-0.25, -0.2) is 13.2 Å². The van der Waals surface area contributed by atoms with Crippen LogP contribution in [0.3, 0.4) is 0 Å². The Morgan fingerprint density at radius 1 is 1.53 bits per heavy atom. The van der Waals surface area contributed by atoms with Crippen molar-refractivity contribution in [3.8, 4) is 0 Å². The van der Waals surface area contributed by atoms with Crippen molar-refractivity contribution in [1.82, 2.24) is 4.57 Å². The molecule has 1 aliphatic rings. The molecule has 1 aromatic heterocycles. The Balaban J connectivity index is 2.08. The Morgan fingerprint density at radius 2 is 2.21 bits per heavy atom. The van der Waals surface area contributed by atoms with Crippen LogP contribution in [-0.2, 0) is 20.3 Å². The van der Waals surface area contributed by atoms with Crippen molar-refractivity contribution >= 4 is 25.7 Å². The first-order valence-corrected chi connectivity index (χ1v) is 8.54. The minimum Gasteiger partial charge on any atom is -0.461 e. The summed E-state index contributed by atoms with van der Waals surface area (Å²) in [5.74, 6) is 0.179. The Morgan fingerprint density at radius 3 is 2.74 bits per heavy atom. The van der Waals surface area contributed by atoms with E-state index in [4.69, 9.17) is 15.4 Å². The Bertz CT molecular complexity index is 575. The third kappa shape index (κ3) is 3.73. The SMILES string of the molecule is CCn1cc(S(=O)(=O)Cl)cc1C(=O)OCCC1CC1. The summed E-state index contributed by atoms with van der Waals surface area (Å²) in [5, 5.41) is 0. The molecule has 1 aliphatic carbocycles. The number of aryl methyl sites for hydroxylation is 1. The first-order valence-electron chi connectivity index (χ1n) is 6.23. The third-order valence-corrected chi connectivity index (χ3v) is 4.48. The number of carbonyl (C=O) groups is 1. The molecule has 0 radical (unpaired) electrons. The largest absolute Gasteiger partial charge is 0.461 e. The van der Waals surface area contributed by atoms with Crippen molar-refractivity contribution in [2.75, 3.05) is 6.61 Å². The van der Waals surface area contributed by atoms with Gasteiger partial charge in [-0.2, -0.15) is 0 Å². The van der Waals surface area contributed by atoms with E-state index in [0.717, 1.165) is 6.42 Å². The molecule has 0 unspecified atom stereocenters. The fourth-order valence-electron chi connectivity index (χ4n) is 1.85. The maximum absolute atomic E-state index is 11.9. The summed E-state index contributed by atoms with van der Waals surface area (Å²) < 4.78 is 29.2. The number of hydrogen-bond donors (Lipinski definition) is 0. The summed E-state index contributed by atoms with van der Waals surface area (Å²) in [6, 6.07) is 1.26. The lowest BCUT2D eigenvalue weighted by molar-refractivity contribution is 0.0482. The Labute approximate surface area is 116 Å². The number of carbonyl (C=O) groups excluding carboxylic acids is 1. The summed E-state index contributed by atoms with van der Waals surface area (Å²) in [6.07, 6.45) is 4.63. The van der Waals surface area contributed by atoms with E-state index in [9.17, 15) is 13.2 Å². The number of halogens is 1. The average molecular weight is 306 g/mol. The molecule has 0 bridgehead atoms. The molecule has 19 heavy (non-hydrogen) atoms. The number of esters is 1. The van der Waals surface area contributed by atoms with Gasteiger partial charge < -0.3 is 9.30 Å². The van der Waals surface area contributed by atoms with Gasteiger partial charge in [0.1, 0.15) is 10.6 Å². The van der Waals surface area contributed by atoms with Gasteiger partial charge in [-0.3, -0.25) is 0 Å². The topological polar surface area (TPSA) is 65.4 Å². The van der Waals surface area contributed by atoms with Crippen LogP contribution < -0.4 is 0 Å². The molecule has 0 atom stereocenters. The molecular weight excluding hydrogens is 290 g/mol. The molecule has 0 saturated heterocycles. The zero-order chi connectivity index (χ0) is 14.0. The van der Waals surface area contributed by atoms with E-state index < -0.39 is 15.0 Å². The molecule has 1 fully saturated rings. The highest BCUT2D eigenvalue weighted by atomic mass is 35.7. The molecule has 0 spiro atoms. The molecule has 1 aromatic rings. The lowest BCUT2D eigenvalue weighted by atomic mass is 10.3. The first-order chi connectivity index (χ1) is 8.91. The van der Waals surface area contributed by atoms with Gasteiger partial charge >= 0.3 is 5.97 Å². The van der Waals surface area contributed by atoms with Crippen LogP contribution in [0.2, 0.25) is 0 Å². The van der Waals surface area contributed by atoms with Crippen molar-refractivity contribution in [3.63, 3.8) is 0 Å². The van der Waals surface area contributed by atoms with Crippen LogP contribution in [0, 0.1) is 5.92 Å². The van der Waals surface area contributed by atoms with Gasteiger partial charge in [-0.1, -0.05) is 12.8 Å². The molecule has 106 valence electrons. The highest BCUT2D eigenvalue weighted by Crippen LogP contribution is 2.32. The van der Waals surface area contributed by atoms with E-state index in [0.29, 0.717) is 19.1 Å². The zero-order valence-electron chi connectivity index (χ0n) is 10.6. The van der Waals surface area contributed by atoms with Gasteiger partial charge in [0.05, 0.1) is 6.61 Å². The Kier molecular flexibility index (Phi) is 4.20. The maximum Gasteiger partial charge on any atom is 0.354 e. The number of hydrogen-bond acceptors (Lipinski definition) is 4. The van der Waals surface area contributed by atoms with Gasteiger partial charge in [-0.05, 0) is 25.3 Å². The highest BCUT2D eigenvalue weighted by Gasteiger charge is 2.23. The molecule has 7 heteroatoms. The maximum atomic E-state index is 11.9. The average Bonchev–Trinajstić information content (AvgIpc) is 3.04. The molecule has 0 N–H and O–H groups in total. The highest BCUT2D eigenvalue weighted by molar-refractivity contribution is 8.13. The summed E-state index contributed by atoms with van der Waals surface area (Å²) in [4.78, 5) is 11.8. The fraction of sp³-hybridized carbons (Fsp3) is 0.583. The lowest BCUT2D eigenvalue weighted by Crippen LogP contribution is -2.12. The standard InChI is InChI=1S/C12H16ClNO4S/c1-2-14-8-10(19(13,16)17)7-11(14)12(15)18-6-5-9-3-4-9/h7-9H,2-6H2,1H3. The lowest BCUT2D eigenvalue weighted by Gasteiger charge is -2.06. The van der Waals surface area contributed by atoms with Crippen LogP contribution >= 0.6 is 10.7 Å². The predicted octanol–water partition coefficient (Wildman–Crippen LogP) is 2.39. The van der Waals surface area contributed by atoms with E-state index in [1.54, 1.807) is 0 Å². The fourth-order valence-corrected chi connectivity index (χ4v) is 2.61. The van der Waals surface area contributed by atoms with E-state index >= 15 is 0 Å². The number of nitrogens with zero attached hydrogens (tertiary/aromatic N) is 1. The number of rotatable bonds is 6. The van der Waals surface area contributed by atoms with E-state index in [2.05, 4.69) is 0 Å². The second kappa shape index (κ2) is 5.54. The minimum atomic E-state index is -3.83.